The summed E-state index contributed by atoms with van der Waals surface area (Å²) < 4.78 is 50.3. The van der Waals surface area contributed by atoms with Crippen LogP contribution in [-0.4, -0.2) is 36.4 Å². The Balaban J connectivity index is 1.58. The number of carbonyl (C=O) groups is 1. The lowest BCUT2D eigenvalue weighted by Gasteiger charge is -2.14. The lowest BCUT2D eigenvalue weighted by molar-refractivity contribution is -0.148. The minimum absolute atomic E-state index is 0.0589. The van der Waals surface area contributed by atoms with Gasteiger partial charge in [-0.05, 0) is 48.2 Å². The molecule has 3 rings (SSSR count). The number of hydrogen-bond donors (Lipinski definition) is 0. The highest BCUT2D eigenvalue weighted by molar-refractivity contribution is 5.71. The SMILES string of the molecule is COc1cc(-c2noc(COC(=O)COc3cc(C)ccc3C(C)C)n2)ccc1OC(F)F. The molecule has 0 aliphatic rings. The highest BCUT2D eigenvalue weighted by Crippen LogP contribution is 2.32. The second kappa shape index (κ2) is 10.8. The number of aryl methyl sites for hydroxylation is 1. The molecule has 0 unspecified atom stereocenters. The Labute approximate surface area is 189 Å². The molecule has 10 heteroatoms. The van der Waals surface area contributed by atoms with Crippen molar-refractivity contribution in [2.45, 2.75) is 39.9 Å². The van der Waals surface area contributed by atoms with E-state index in [1.54, 1.807) is 0 Å². The molecule has 8 nitrogen and oxygen atoms in total. The second-order valence-corrected chi connectivity index (χ2v) is 7.40. The van der Waals surface area contributed by atoms with E-state index in [0.717, 1.165) is 11.1 Å². The van der Waals surface area contributed by atoms with Crippen LogP contribution in [0.1, 0.15) is 36.8 Å². The highest BCUT2D eigenvalue weighted by Gasteiger charge is 2.16. The van der Waals surface area contributed by atoms with Crippen LogP contribution in [0, 0.1) is 6.92 Å². The fraction of sp³-hybridized carbons (Fsp3) is 0.348. The average molecular weight is 462 g/mol. The van der Waals surface area contributed by atoms with Crippen molar-refractivity contribution in [1.29, 1.82) is 0 Å². The molecule has 0 radical (unpaired) electrons. The van der Waals surface area contributed by atoms with E-state index < -0.39 is 12.6 Å². The number of alkyl halides is 2. The van der Waals surface area contributed by atoms with Gasteiger partial charge in [0.15, 0.2) is 24.7 Å². The summed E-state index contributed by atoms with van der Waals surface area (Å²) in [4.78, 5) is 16.3. The quantitative estimate of drug-likeness (QED) is 0.393. The van der Waals surface area contributed by atoms with Crippen LogP contribution in [-0.2, 0) is 16.1 Å². The third kappa shape index (κ3) is 6.41. The van der Waals surface area contributed by atoms with Crippen LogP contribution in [0.3, 0.4) is 0 Å². The zero-order chi connectivity index (χ0) is 24.0. The molecule has 0 fully saturated rings. The van der Waals surface area contributed by atoms with Gasteiger partial charge in [0, 0.05) is 5.56 Å². The fourth-order valence-electron chi connectivity index (χ4n) is 2.99. The fourth-order valence-corrected chi connectivity index (χ4v) is 2.99. The number of halogens is 2. The number of aromatic nitrogens is 2. The molecule has 0 N–H and O–H groups in total. The summed E-state index contributed by atoms with van der Waals surface area (Å²) in [7, 11) is 1.32. The topological polar surface area (TPSA) is 92.9 Å². The number of benzene rings is 2. The molecule has 2 aromatic carbocycles. The summed E-state index contributed by atoms with van der Waals surface area (Å²) in [6.07, 6.45) is 0. The summed E-state index contributed by atoms with van der Waals surface area (Å²) in [6.45, 7) is 2.52. The monoisotopic (exact) mass is 462 g/mol. The Morgan fingerprint density at radius 1 is 1.09 bits per heavy atom. The predicted molar refractivity (Wildman–Crippen MR) is 113 cm³/mol. The van der Waals surface area contributed by atoms with E-state index >= 15 is 0 Å². The van der Waals surface area contributed by atoms with Gasteiger partial charge in [-0.3, -0.25) is 0 Å². The Kier molecular flexibility index (Phi) is 7.81. The Bertz CT molecular complexity index is 1100. The third-order valence-corrected chi connectivity index (χ3v) is 4.60. The lowest BCUT2D eigenvalue weighted by Crippen LogP contribution is -2.15. The zero-order valence-electron chi connectivity index (χ0n) is 18.6. The molecular formula is C23H24F2N2O6. The van der Waals surface area contributed by atoms with Crippen LogP contribution < -0.4 is 14.2 Å². The highest BCUT2D eigenvalue weighted by atomic mass is 19.3. The van der Waals surface area contributed by atoms with Crippen molar-refractivity contribution >= 4 is 5.97 Å². The van der Waals surface area contributed by atoms with Crippen LogP contribution >= 0.6 is 0 Å². The van der Waals surface area contributed by atoms with Crippen molar-refractivity contribution < 1.29 is 37.0 Å². The van der Waals surface area contributed by atoms with Gasteiger partial charge in [0.1, 0.15) is 5.75 Å². The van der Waals surface area contributed by atoms with Crippen LogP contribution in [0.5, 0.6) is 17.2 Å². The molecule has 0 aliphatic heterocycles. The maximum absolute atomic E-state index is 12.5. The number of rotatable bonds is 10. The average Bonchev–Trinajstić information content (AvgIpc) is 3.25. The van der Waals surface area contributed by atoms with Crippen molar-refractivity contribution in [3.8, 4) is 28.6 Å². The molecule has 0 spiro atoms. The Hall–Kier alpha value is -3.69. The number of hydrogen-bond acceptors (Lipinski definition) is 8. The maximum Gasteiger partial charge on any atom is 0.387 e. The summed E-state index contributed by atoms with van der Waals surface area (Å²) in [5, 5.41) is 3.81. The number of carbonyl (C=O) groups excluding carboxylic acids is 1. The van der Waals surface area contributed by atoms with E-state index in [4.69, 9.17) is 18.7 Å². The summed E-state index contributed by atoms with van der Waals surface area (Å²) in [6, 6.07) is 10.1. The summed E-state index contributed by atoms with van der Waals surface area (Å²) in [5.41, 5.74) is 2.46. The van der Waals surface area contributed by atoms with Gasteiger partial charge < -0.3 is 23.5 Å². The molecule has 0 atom stereocenters. The first-order valence-electron chi connectivity index (χ1n) is 10.1. The molecule has 0 amide bonds. The molecule has 33 heavy (non-hydrogen) atoms. The Morgan fingerprint density at radius 3 is 2.58 bits per heavy atom. The van der Waals surface area contributed by atoms with Crippen molar-refractivity contribution in [2.24, 2.45) is 0 Å². The number of nitrogens with zero attached hydrogens (tertiary/aromatic N) is 2. The maximum atomic E-state index is 12.5. The third-order valence-electron chi connectivity index (χ3n) is 4.60. The molecule has 3 aromatic rings. The van der Waals surface area contributed by atoms with E-state index in [2.05, 4.69) is 14.9 Å². The van der Waals surface area contributed by atoms with Crippen LogP contribution in [0.25, 0.3) is 11.4 Å². The first-order chi connectivity index (χ1) is 15.8. The van der Waals surface area contributed by atoms with Gasteiger partial charge in [0.25, 0.3) is 5.89 Å². The molecule has 1 aromatic heterocycles. The van der Waals surface area contributed by atoms with Gasteiger partial charge in [-0.25, -0.2) is 4.79 Å². The van der Waals surface area contributed by atoms with Crippen LogP contribution in [0.15, 0.2) is 40.9 Å². The van der Waals surface area contributed by atoms with E-state index in [0.29, 0.717) is 11.3 Å². The van der Waals surface area contributed by atoms with Gasteiger partial charge in [-0.2, -0.15) is 13.8 Å². The lowest BCUT2D eigenvalue weighted by atomic mass is 10.0. The van der Waals surface area contributed by atoms with Gasteiger partial charge in [-0.1, -0.05) is 31.1 Å². The summed E-state index contributed by atoms with van der Waals surface area (Å²) in [5.74, 6) is 0.464. The first-order valence-corrected chi connectivity index (χ1v) is 10.1. The smallest absolute Gasteiger partial charge is 0.387 e. The second-order valence-electron chi connectivity index (χ2n) is 7.40. The normalized spacial score (nSPS) is 11.0. The largest absolute Gasteiger partial charge is 0.493 e. The standard InChI is InChI=1S/C23H24F2N2O6/c1-13(2)16-7-5-14(3)9-18(16)30-12-21(28)31-11-20-26-22(27-33-20)15-6-8-17(32-23(24)25)19(10-15)29-4/h5-10,13,23H,11-12H2,1-4H3. The van der Waals surface area contributed by atoms with Crippen molar-refractivity contribution in [2.75, 3.05) is 13.7 Å². The molecule has 176 valence electrons. The van der Waals surface area contributed by atoms with Gasteiger partial charge in [0.2, 0.25) is 5.82 Å². The van der Waals surface area contributed by atoms with E-state index in [1.807, 2.05) is 39.0 Å². The molecular weight excluding hydrogens is 438 g/mol. The van der Waals surface area contributed by atoms with E-state index in [-0.39, 0.29) is 42.3 Å². The zero-order valence-corrected chi connectivity index (χ0v) is 18.6. The molecule has 0 aliphatic carbocycles. The summed E-state index contributed by atoms with van der Waals surface area (Å²) >= 11 is 0. The van der Waals surface area contributed by atoms with E-state index in [9.17, 15) is 13.6 Å². The Morgan fingerprint density at radius 2 is 1.88 bits per heavy atom. The first kappa shape index (κ1) is 24.0. The number of esters is 1. The molecule has 0 saturated carbocycles. The van der Waals surface area contributed by atoms with Crippen molar-refractivity contribution in [1.82, 2.24) is 10.1 Å². The molecule has 1 heterocycles. The van der Waals surface area contributed by atoms with Crippen LogP contribution in [0.2, 0.25) is 0 Å². The van der Waals surface area contributed by atoms with Gasteiger partial charge in [0.05, 0.1) is 7.11 Å². The van der Waals surface area contributed by atoms with E-state index in [1.165, 1.54) is 25.3 Å². The van der Waals surface area contributed by atoms with Gasteiger partial charge >= 0.3 is 12.6 Å². The molecule has 0 bridgehead atoms. The van der Waals surface area contributed by atoms with Crippen LogP contribution in [0.4, 0.5) is 8.78 Å². The number of ether oxygens (including phenoxy) is 4. The van der Waals surface area contributed by atoms with Crippen molar-refractivity contribution in [3.63, 3.8) is 0 Å². The number of methoxy groups -OCH3 is 1. The van der Waals surface area contributed by atoms with Gasteiger partial charge in [-0.15, -0.1) is 0 Å². The minimum Gasteiger partial charge on any atom is -0.493 e. The van der Waals surface area contributed by atoms with Crippen molar-refractivity contribution in [3.05, 3.63) is 53.4 Å². The molecule has 0 saturated heterocycles. The predicted octanol–water partition coefficient (Wildman–Crippen LogP) is 4.90. The minimum atomic E-state index is -2.98.